The lowest BCUT2D eigenvalue weighted by molar-refractivity contribution is -0.134. The summed E-state index contributed by atoms with van der Waals surface area (Å²) in [6.07, 6.45) is 8.47. The lowest BCUT2D eigenvalue weighted by Crippen LogP contribution is -2.56. The number of carbonyl (C=O) groups is 2. The second-order valence-electron chi connectivity index (χ2n) is 7.95. The smallest absolute Gasteiger partial charge is 0.257 e. The third kappa shape index (κ3) is 4.13. The summed E-state index contributed by atoms with van der Waals surface area (Å²) in [6, 6.07) is 12.3. The maximum absolute atomic E-state index is 12.8. The lowest BCUT2D eigenvalue weighted by atomic mass is 9.83. The maximum Gasteiger partial charge on any atom is 0.257 e. The number of rotatable bonds is 5. The molecular weight excluding hydrogens is 352 g/mol. The molecular formula is C23H28N2O3. The van der Waals surface area contributed by atoms with E-state index in [4.69, 9.17) is 4.42 Å². The Labute approximate surface area is 166 Å². The van der Waals surface area contributed by atoms with Crippen LogP contribution >= 0.6 is 0 Å². The predicted molar refractivity (Wildman–Crippen MR) is 107 cm³/mol. The fraction of sp³-hybridized carbons (Fsp3) is 0.478. The Hall–Kier alpha value is -2.56. The molecule has 0 N–H and O–H groups in total. The SMILES string of the molecule is O=C(CCCc1ccccc1)N1CC[C@H]2[C@H](CCCN2C(=O)c2ccoc2)C1. The molecule has 3 heterocycles. The molecule has 2 aromatic rings. The number of benzene rings is 1. The van der Waals surface area contributed by atoms with Crippen molar-refractivity contribution in [3.63, 3.8) is 0 Å². The Morgan fingerprint density at radius 1 is 1.07 bits per heavy atom. The Morgan fingerprint density at radius 3 is 2.71 bits per heavy atom. The minimum atomic E-state index is 0.0612. The van der Waals surface area contributed by atoms with Gasteiger partial charge in [-0.1, -0.05) is 30.3 Å². The van der Waals surface area contributed by atoms with Gasteiger partial charge in [-0.2, -0.15) is 0 Å². The Bertz CT molecular complexity index is 787. The molecule has 2 fully saturated rings. The number of amides is 2. The Morgan fingerprint density at radius 2 is 1.93 bits per heavy atom. The monoisotopic (exact) mass is 380 g/mol. The highest BCUT2D eigenvalue weighted by Crippen LogP contribution is 2.32. The van der Waals surface area contributed by atoms with Crippen molar-refractivity contribution in [1.82, 2.24) is 9.80 Å². The summed E-state index contributed by atoms with van der Waals surface area (Å²) >= 11 is 0. The molecule has 0 bridgehead atoms. The van der Waals surface area contributed by atoms with Crippen LogP contribution in [0.25, 0.3) is 0 Å². The van der Waals surface area contributed by atoms with Gasteiger partial charge in [0.05, 0.1) is 11.8 Å². The standard InChI is InChI=1S/C23H28N2O3/c26-22(10-4-8-18-6-2-1-3-7-18)24-14-11-21-19(16-24)9-5-13-25(21)23(27)20-12-15-28-17-20/h1-3,6-7,12,15,17,19,21H,4-5,8-11,13-14,16H2/t19-,21+/m1/s1. The number of aryl methyl sites for hydroxylation is 1. The molecule has 148 valence electrons. The molecule has 28 heavy (non-hydrogen) atoms. The highest BCUT2D eigenvalue weighted by Gasteiger charge is 2.39. The van der Waals surface area contributed by atoms with Gasteiger partial charge in [0, 0.05) is 32.1 Å². The van der Waals surface area contributed by atoms with Gasteiger partial charge in [-0.05, 0) is 49.7 Å². The molecule has 0 spiro atoms. The van der Waals surface area contributed by atoms with Crippen LogP contribution in [-0.2, 0) is 11.2 Å². The zero-order valence-corrected chi connectivity index (χ0v) is 16.3. The van der Waals surface area contributed by atoms with E-state index in [1.807, 2.05) is 28.0 Å². The minimum Gasteiger partial charge on any atom is -0.472 e. The van der Waals surface area contributed by atoms with Gasteiger partial charge in [0.1, 0.15) is 6.26 Å². The van der Waals surface area contributed by atoms with Gasteiger partial charge in [0.25, 0.3) is 5.91 Å². The molecule has 2 amide bonds. The minimum absolute atomic E-state index is 0.0612. The van der Waals surface area contributed by atoms with Crippen LogP contribution in [0.5, 0.6) is 0 Å². The third-order valence-electron chi connectivity index (χ3n) is 6.15. The molecule has 2 aliphatic heterocycles. The van der Waals surface area contributed by atoms with Gasteiger partial charge < -0.3 is 14.2 Å². The molecule has 0 unspecified atom stereocenters. The van der Waals surface area contributed by atoms with Crippen molar-refractivity contribution in [1.29, 1.82) is 0 Å². The quantitative estimate of drug-likeness (QED) is 0.794. The first-order valence-corrected chi connectivity index (χ1v) is 10.4. The lowest BCUT2D eigenvalue weighted by Gasteiger charge is -2.47. The first kappa shape index (κ1) is 18.8. The van der Waals surface area contributed by atoms with E-state index in [1.54, 1.807) is 12.3 Å². The second kappa shape index (κ2) is 8.63. The summed E-state index contributed by atoms with van der Waals surface area (Å²) < 4.78 is 5.08. The molecule has 0 radical (unpaired) electrons. The molecule has 2 aliphatic rings. The van der Waals surface area contributed by atoms with Crippen molar-refractivity contribution in [2.45, 2.75) is 44.6 Å². The largest absolute Gasteiger partial charge is 0.472 e. The summed E-state index contributed by atoms with van der Waals surface area (Å²) in [5.74, 6) is 0.704. The predicted octanol–water partition coefficient (Wildman–Crippen LogP) is 3.76. The average Bonchev–Trinajstić information content (AvgIpc) is 3.28. The molecule has 1 aromatic carbocycles. The number of likely N-dealkylation sites (tertiary alicyclic amines) is 2. The van der Waals surface area contributed by atoms with E-state index in [1.165, 1.54) is 11.8 Å². The molecule has 4 rings (SSSR count). The maximum atomic E-state index is 12.8. The van der Waals surface area contributed by atoms with E-state index < -0.39 is 0 Å². The number of hydrogen-bond acceptors (Lipinski definition) is 3. The van der Waals surface area contributed by atoms with Crippen molar-refractivity contribution in [3.8, 4) is 0 Å². The van der Waals surface area contributed by atoms with E-state index in [2.05, 4.69) is 12.1 Å². The van der Waals surface area contributed by atoms with Gasteiger partial charge in [-0.15, -0.1) is 0 Å². The van der Waals surface area contributed by atoms with E-state index in [0.29, 0.717) is 17.9 Å². The Kier molecular flexibility index (Phi) is 5.79. The fourth-order valence-electron chi connectivity index (χ4n) is 4.68. The molecule has 2 saturated heterocycles. The van der Waals surface area contributed by atoms with Gasteiger partial charge in [-0.25, -0.2) is 0 Å². The zero-order chi connectivity index (χ0) is 19.3. The van der Waals surface area contributed by atoms with Crippen molar-refractivity contribution in [3.05, 3.63) is 60.1 Å². The van der Waals surface area contributed by atoms with Crippen molar-refractivity contribution in [2.75, 3.05) is 19.6 Å². The molecule has 2 atom stereocenters. The summed E-state index contributed by atoms with van der Waals surface area (Å²) in [6.45, 7) is 2.33. The highest BCUT2D eigenvalue weighted by molar-refractivity contribution is 5.94. The van der Waals surface area contributed by atoms with Crippen LogP contribution in [0.3, 0.4) is 0 Å². The van der Waals surface area contributed by atoms with Gasteiger partial charge >= 0.3 is 0 Å². The summed E-state index contributed by atoms with van der Waals surface area (Å²) in [5, 5.41) is 0. The number of hydrogen-bond donors (Lipinski definition) is 0. The molecule has 0 aliphatic carbocycles. The summed E-state index contributed by atoms with van der Waals surface area (Å²) in [4.78, 5) is 29.5. The van der Waals surface area contributed by atoms with Gasteiger partial charge in [-0.3, -0.25) is 9.59 Å². The van der Waals surface area contributed by atoms with Crippen LogP contribution < -0.4 is 0 Å². The van der Waals surface area contributed by atoms with Crippen LogP contribution in [-0.4, -0.2) is 47.3 Å². The average molecular weight is 380 g/mol. The van der Waals surface area contributed by atoms with Gasteiger partial charge in [0.2, 0.25) is 5.91 Å². The zero-order valence-electron chi connectivity index (χ0n) is 16.3. The number of furan rings is 1. The van der Waals surface area contributed by atoms with Crippen molar-refractivity contribution >= 4 is 11.8 Å². The topological polar surface area (TPSA) is 53.8 Å². The van der Waals surface area contributed by atoms with Crippen LogP contribution in [0, 0.1) is 5.92 Å². The number of piperidine rings is 2. The molecule has 5 heteroatoms. The molecule has 5 nitrogen and oxygen atoms in total. The van der Waals surface area contributed by atoms with E-state index in [-0.39, 0.29) is 17.9 Å². The third-order valence-corrected chi connectivity index (χ3v) is 6.15. The number of nitrogens with zero attached hydrogens (tertiary/aromatic N) is 2. The molecule has 1 aromatic heterocycles. The van der Waals surface area contributed by atoms with Crippen LogP contribution in [0.1, 0.15) is 48.0 Å². The van der Waals surface area contributed by atoms with E-state index >= 15 is 0 Å². The van der Waals surface area contributed by atoms with Crippen molar-refractivity contribution < 1.29 is 14.0 Å². The summed E-state index contributed by atoms with van der Waals surface area (Å²) in [7, 11) is 0. The summed E-state index contributed by atoms with van der Waals surface area (Å²) in [5.41, 5.74) is 1.91. The first-order chi connectivity index (χ1) is 13.7. The first-order valence-electron chi connectivity index (χ1n) is 10.4. The van der Waals surface area contributed by atoms with Crippen LogP contribution in [0.15, 0.2) is 53.3 Å². The van der Waals surface area contributed by atoms with E-state index in [9.17, 15) is 9.59 Å². The van der Waals surface area contributed by atoms with Gasteiger partial charge in [0.15, 0.2) is 0 Å². The number of carbonyl (C=O) groups excluding carboxylic acids is 2. The molecule has 0 saturated carbocycles. The normalized spacial score (nSPS) is 22.0. The van der Waals surface area contributed by atoms with Crippen LogP contribution in [0.2, 0.25) is 0 Å². The van der Waals surface area contributed by atoms with E-state index in [0.717, 1.165) is 51.7 Å². The van der Waals surface area contributed by atoms with Crippen LogP contribution in [0.4, 0.5) is 0 Å². The Balaban J connectivity index is 1.30. The fourth-order valence-corrected chi connectivity index (χ4v) is 4.68. The number of fused-ring (bicyclic) bond motifs is 1. The van der Waals surface area contributed by atoms with Crippen molar-refractivity contribution in [2.24, 2.45) is 5.92 Å². The highest BCUT2D eigenvalue weighted by atomic mass is 16.3. The second-order valence-corrected chi connectivity index (χ2v) is 7.95.